The summed E-state index contributed by atoms with van der Waals surface area (Å²) < 4.78 is 5.71. The van der Waals surface area contributed by atoms with Gasteiger partial charge in [-0.1, -0.05) is 60.1 Å². The standard InChI is InChI=1S/C28H24ClNO3S/c1-17-25(28(32)33-16-18-6-3-2-4-7-18)26(19-9-11-21(29)12-10-19)27-22(30-17)14-20(15-23(27)31)24-8-5-13-34-24/h2-13,20,26,30H,14-16H2,1H3/t20-,26+/m0/s1. The molecule has 34 heavy (non-hydrogen) atoms. The molecule has 5 rings (SSSR count). The largest absolute Gasteiger partial charge is 0.457 e. The summed E-state index contributed by atoms with van der Waals surface area (Å²) in [7, 11) is 0. The Hall–Kier alpha value is -3.15. The lowest BCUT2D eigenvalue weighted by molar-refractivity contribution is -0.140. The highest BCUT2D eigenvalue weighted by Crippen LogP contribution is 2.46. The molecule has 0 fully saturated rings. The van der Waals surface area contributed by atoms with Crippen LogP contribution in [-0.4, -0.2) is 11.8 Å². The molecule has 0 bridgehead atoms. The number of benzene rings is 2. The van der Waals surface area contributed by atoms with E-state index in [4.69, 9.17) is 16.3 Å². The van der Waals surface area contributed by atoms with Crippen LogP contribution in [0.5, 0.6) is 0 Å². The molecule has 2 aliphatic rings. The van der Waals surface area contributed by atoms with Crippen LogP contribution in [0.1, 0.15) is 47.6 Å². The van der Waals surface area contributed by atoms with E-state index in [2.05, 4.69) is 11.4 Å². The van der Waals surface area contributed by atoms with Crippen LogP contribution < -0.4 is 5.32 Å². The maximum absolute atomic E-state index is 13.5. The zero-order valence-corrected chi connectivity index (χ0v) is 20.3. The van der Waals surface area contributed by atoms with Crippen molar-refractivity contribution in [1.82, 2.24) is 5.32 Å². The summed E-state index contributed by atoms with van der Waals surface area (Å²) in [6.45, 7) is 2.05. The summed E-state index contributed by atoms with van der Waals surface area (Å²) in [4.78, 5) is 28.1. The molecule has 1 aliphatic carbocycles. The fourth-order valence-corrected chi connectivity index (χ4v) is 5.78. The quantitative estimate of drug-likeness (QED) is 0.415. The van der Waals surface area contributed by atoms with E-state index in [0.717, 1.165) is 28.9 Å². The van der Waals surface area contributed by atoms with E-state index < -0.39 is 11.9 Å². The molecule has 6 heteroatoms. The van der Waals surface area contributed by atoms with Gasteiger partial charge in [0, 0.05) is 45.1 Å². The topological polar surface area (TPSA) is 55.4 Å². The second-order valence-electron chi connectivity index (χ2n) is 8.65. The molecule has 1 aliphatic heterocycles. The van der Waals surface area contributed by atoms with Crippen LogP contribution in [0.4, 0.5) is 0 Å². The number of thiophene rings is 1. The first-order valence-electron chi connectivity index (χ1n) is 11.2. The maximum Gasteiger partial charge on any atom is 0.337 e. The van der Waals surface area contributed by atoms with Crippen molar-refractivity contribution in [2.24, 2.45) is 0 Å². The van der Waals surface area contributed by atoms with Gasteiger partial charge in [0.2, 0.25) is 0 Å². The van der Waals surface area contributed by atoms with E-state index in [9.17, 15) is 9.59 Å². The van der Waals surface area contributed by atoms with E-state index in [1.165, 1.54) is 4.88 Å². The molecule has 2 aromatic carbocycles. The SMILES string of the molecule is CC1=C(C(=O)OCc2ccccc2)[C@@H](c2ccc(Cl)cc2)C2=C(C[C@H](c3cccs3)CC2=O)N1. The first kappa shape index (κ1) is 22.6. The summed E-state index contributed by atoms with van der Waals surface area (Å²) in [5.74, 6) is -0.709. The van der Waals surface area contributed by atoms with Crippen LogP contribution in [0.15, 0.2) is 94.7 Å². The second kappa shape index (κ2) is 9.61. The number of rotatable bonds is 5. The van der Waals surface area contributed by atoms with Crippen molar-refractivity contribution in [2.45, 2.75) is 38.2 Å². The van der Waals surface area contributed by atoms with E-state index in [-0.39, 0.29) is 18.3 Å². The van der Waals surface area contributed by atoms with E-state index in [0.29, 0.717) is 22.6 Å². The van der Waals surface area contributed by atoms with Crippen molar-refractivity contribution in [3.8, 4) is 0 Å². The van der Waals surface area contributed by atoms with Crippen molar-refractivity contribution < 1.29 is 14.3 Å². The highest BCUT2D eigenvalue weighted by atomic mass is 35.5. The zero-order chi connectivity index (χ0) is 23.7. The molecule has 4 nitrogen and oxygen atoms in total. The van der Waals surface area contributed by atoms with Crippen LogP contribution in [0.25, 0.3) is 0 Å². The molecule has 0 spiro atoms. The predicted molar refractivity (Wildman–Crippen MR) is 135 cm³/mol. The second-order valence-corrected chi connectivity index (χ2v) is 10.1. The zero-order valence-electron chi connectivity index (χ0n) is 18.7. The van der Waals surface area contributed by atoms with Gasteiger partial charge >= 0.3 is 5.97 Å². The number of esters is 1. The maximum atomic E-state index is 13.5. The third-order valence-corrected chi connectivity index (χ3v) is 7.70. The minimum Gasteiger partial charge on any atom is -0.457 e. The van der Waals surface area contributed by atoms with Gasteiger partial charge in [0.05, 0.1) is 5.57 Å². The highest BCUT2D eigenvalue weighted by molar-refractivity contribution is 7.10. The number of carbonyl (C=O) groups is 2. The molecular weight excluding hydrogens is 466 g/mol. The summed E-state index contributed by atoms with van der Waals surface area (Å²) >= 11 is 7.82. The monoisotopic (exact) mass is 489 g/mol. The molecule has 0 amide bonds. The van der Waals surface area contributed by atoms with Crippen molar-refractivity contribution in [2.75, 3.05) is 0 Å². The average Bonchev–Trinajstić information content (AvgIpc) is 3.38. The number of halogens is 1. The highest BCUT2D eigenvalue weighted by Gasteiger charge is 2.41. The Labute approximate surface area is 207 Å². The van der Waals surface area contributed by atoms with Gasteiger partial charge < -0.3 is 10.1 Å². The summed E-state index contributed by atoms with van der Waals surface area (Å²) in [5, 5.41) is 6.04. The van der Waals surface area contributed by atoms with Crippen LogP contribution in [0.2, 0.25) is 5.02 Å². The number of Topliss-reactive ketones (excluding diaryl/α,β-unsaturated/α-hetero) is 1. The minimum absolute atomic E-state index is 0.0629. The van der Waals surface area contributed by atoms with Gasteiger partial charge in [0.25, 0.3) is 0 Å². The normalized spacial score (nSPS) is 20.1. The molecule has 0 saturated carbocycles. The van der Waals surface area contributed by atoms with Crippen LogP contribution in [0, 0.1) is 0 Å². The molecule has 0 saturated heterocycles. The fraction of sp³-hybridized carbons (Fsp3) is 0.214. The van der Waals surface area contributed by atoms with Crippen molar-refractivity contribution in [1.29, 1.82) is 0 Å². The van der Waals surface area contributed by atoms with Crippen LogP contribution in [-0.2, 0) is 20.9 Å². The predicted octanol–water partition coefficient (Wildman–Crippen LogP) is 6.51. The summed E-state index contributed by atoms with van der Waals surface area (Å²) in [6.07, 6.45) is 1.16. The molecule has 2 atom stereocenters. The van der Waals surface area contributed by atoms with E-state index in [1.54, 1.807) is 23.5 Å². The first-order valence-corrected chi connectivity index (χ1v) is 12.5. The van der Waals surface area contributed by atoms with Crippen molar-refractivity contribution in [3.05, 3.63) is 116 Å². The Bertz CT molecular complexity index is 1280. The number of carbonyl (C=O) groups excluding carboxylic acids is 2. The summed E-state index contributed by atoms with van der Waals surface area (Å²) in [6, 6.07) is 21.0. The molecule has 1 aromatic heterocycles. The van der Waals surface area contributed by atoms with Crippen molar-refractivity contribution in [3.63, 3.8) is 0 Å². The van der Waals surface area contributed by atoms with E-state index >= 15 is 0 Å². The third kappa shape index (κ3) is 4.46. The molecule has 0 unspecified atom stereocenters. The Balaban J connectivity index is 1.51. The molecule has 0 radical (unpaired) electrons. The fourth-order valence-electron chi connectivity index (χ4n) is 4.82. The summed E-state index contributed by atoms with van der Waals surface area (Å²) in [5.41, 5.74) is 4.51. The Morgan fingerprint density at radius 2 is 1.82 bits per heavy atom. The first-order chi connectivity index (χ1) is 16.5. The molecule has 172 valence electrons. The number of nitrogens with one attached hydrogen (secondary N) is 1. The smallest absolute Gasteiger partial charge is 0.337 e. The molecule has 3 aromatic rings. The number of hydrogen-bond acceptors (Lipinski definition) is 5. The lowest BCUT2D eigenvalue weighted by atomic mass is 9.72. The lowest BCUT2D eigenvalue weighted by Crippen LogP contribution is -2.36. The number of allylic oxidation sites excluding steroid dienone is 3. The van der Waals surface area contributed by atoms with Crippen molar-refractivity contribution >= 4 is 34.7 Å². The van der Waals surface area contributed by atoms with Gasteiger partial charge in [0.15, 0.2) is 5.78 Å². The van der Waals surface area contributed by atoms with E-state index in [1.807, 2.05) is 60.8 Å². The van der Waals surface area contributed by atoms with Gasteiger partial charge in [0.1, 0.15) is 6.61 Å². The number of ether oxygens (including phenoxy) is 1. The average molecular weight is 490 g/mol. The Morgan fingerprint density at radius 1 is 1.06 bits per heavy atom. The minimum atomic E-state index is -0.492. The molecule has 2 heterocycles. The third-order valence-electron chi connectivity index (χ3n) is 6.41. The van der Waals surface area contributed by atoms with Gasteiger partial charge in [-0.05, 0) is 48.1 Å². The molecular formula is C28H24ClNO3S. The number of hydrogen-bond donors (Lipinski definition) is 1. The van der Waals surface area contributed by atoms with Crippen LogP contribution >= 0.6 is 22.9 Å². The van der Waals surface area contributed by atoms with Gasteiger partial charge in [-0.15, -0.1) is 11.3 Å². The number of ketones is 1. The van der Waals surface area contributed by atoms with Gasteiger partial charge in [-0.3, -0.25) is 4.79 Å². The van der Waals surface area contributed by atoms with Gasteiger partial charge in [-0.2, -0.15) is 0 Å². The van der Waals surface area contributed by atoms with Gasteiger partial charge in [-0.25, -0.2) is 4.79 Å². The lowest BCUT2D eigenvalue weighted by Gasteiger charge is -2.36. The number of dihydropyridines is 1. The Kier molecular flexibility index (Phi) is 6.40. The molecule has 1 N–H and O–H groups in total. The Morgan fingerprint density at radius 3 is 2.53 bits per heavy atom. The van der Waals surface area contributed by atoms with Crippen LogP contribution in [0.3, 0.4) is 0 Å².